The number of rotatable bonds is 12. The molecule has 0 N–H and O–H groups in total. The van der Waals surface area contributed by atoms with Crippen LogP contribution in [-0.4, -0.2) is 50.4 Å². The Morgan fingerprint density at radius 2 is 1.76 bits per heavy atom. The highest BCUT2D eigenvalue weighted by molar-refractivity contribution is 7.89. The van der Waals surface area contributed by atoms with Crippen molar-refractivity contribution in [3.63, 3.8) is 0 Å². The highest BCUT2D eigenvalue weighted by Gasteiger charge is 2.36. The van der Waals surface area contributed by atoms with Crippen LogP contribution in [0, 0.1) is 5.92 Å². The normalized spacial score (nSPS) is 15.7. The minimum absolute atomic E-state index is 0.160. The predicted molar refractivity (Wildman–Crippen MR) is 132 cm³/mol. The molecule has 37 heavy (non-hydrogen) atoms. The van der Waals surface area contributed by atoms with Crippen molar-refractivity contribution in [2.75, 3.05) is 20.2 Å². The molecular weight excluding hydrogens is 509 g/mol. The maximum Gasteiger partial charge on any atom is 0.573 e. The number of benzene rings is 2. The van der Waals surface area contributed by atoms with E-state index in [1.54, 1.807) is 24.1 Å². The summed E-state index contributed by atoms with van der Waals surface area (Å²) in [6.45, 7) is 4.58. The third kappa shape index (κ3) is 7.24. The monoisotopic (exact) mass is 542 g/mol. The van der Waals surface area contributed by atoms with Crippen molar-refractivity contribution < 1.29 is 35.9 Å². The fourth-order valence-corrected chi connectivity index (χ4v) is 6.44. The lowest BCUT2D eigenvalue weighted by Gasteiger charge is -2.34. The molecule has 0 heterocycles. The van der Waals surface area contributed by atoms with Gasteiger partial charge in [-0.1, -0.05) is 44.0 Å². The van der Waals surface area contributed by atoms with Crippen molar-refractivity contribution in [2.24, 2.45) is 5.92 Å². The van der Waals surface area contributed by atoms with Crippen LogP contribution < -0.4 is 4.74 Å². The quantitative estimate of drug-likeness (QED) is 0.211. The molecule has 0 saturated carbocycles. The van der Waals surface area contributed by atoms with Gasteiger partial charge >= 0.3 is 12.3 Å². The van der Waals surface area contributed by atoms with Crippen LogP contribution >= 0.6 is 0 Å². The number of carbonyl (C=O) groups is 1. The van der Waals surface area contributed by atoms with Crippen LogP contribution in [0.1, 0.15) is 49.8 Å². The average Bonchev–Trinajstić information content (AvgIpc) is 3.28. The average molecular weight is 543 g/mol. The SMILES string of the molecule is CCCCCN(Cc1ccc(OC(F)(F)F)cc1)N(CC)S(=O)(=O)c1cccc2c1CC(C(=O)OC)C2. The van der Waals surface area contributed by atoms with E-state index in [1.165, 1.54) is 35.8 Å². The summed E-state index contributed by atoms with van der Waals surface area (Å²) in [6, 6.07) is 10.5. The molecule has 1 aliphatic carbocycles. The van der Waals surface area contributed by atoms with Crippen LogP contribution in [0.4, 0.5) is 13.2 Å². The summed E-state index contributed by atoms with van der Waals surface area (Å²) in [5, 5.41) is 1.72. The number of sulfonamides is 1. The number of halogens is 3. The second kappa shape index (κ2) is 12.3. The summed E-state index contributed by atoms with van der Waals surface area (Å²) in [5.74, 6) is -1.13. The van der Waals surface area contributed by atoms with E-state index >= 15 is 0 Å². The third-order valence-corrected chi connectivity index (χ3v) is 8.35. The number of methoxy groups -OCH3 is 1. The number of unbranched alkanes of at least 4 members (excludes halogenated alkanes) is 2. The summed E-state index contributed by atoms with van der Waals surface area (Å²) in [7, 11) is -2.67. The zero-order valence-electron chi connectivity index (χ0n) is 21.3. The van der Waals surface area contributed by atoms with Crippen LogP contribution in [0.15, 0.2) is 47.4 Å². The van der Waals surface area contributed by atoms with Crippen molar-refractivity contribution in [1.82, 2.24) is 9.42 Å². The van der Waals surface area contributed by atoms with Crippen LogP contribution in [-0.2, 0) is 38.9 Å². The topological polar surface area (TPSA) is 76.2 Å². The van der Waals surface area contributed by atoms with Gasteiger partial charge in [-0.25, -0.2) is 13.4 Å². The zero-order chi connectivity index (χ0) is 27.2. The molecule has 0 radical (unpaired) electrons. The molecule has 0 bridgehead atoms. The van der Waals surface area contributed by atoms with Gasteiger partial charge in [-0.05, 0) is 61.1 Å². The number of carbonyl (C=O) groups excluding carboxylic acids is 1. The second-order valence-corrected chi connectivity index (χ2v) is 10.8. The number of fused-ring (bicyclic) bond motifs is 1. The van der Waals surface area contributed by atoms with Gasteiger partial charge in [0, 0.05) is 19.6 Å². The van der Waals surface area contributed by atoms with Gasteiger partial charge in [-0.3, -0.25) is 4.79 Å². The van der Waals surface area contributed by atoms with Gasteiger partial charge < -0.3 is 9.47 Å². The van der Waals surface area contributed by atoms with Crippen LogP contribution in [0.25, 0.3) is 0 Å². The van der Waals surface area contributed by atoms with Crippen LogP contribution in [0.5, 0.6) is 5.75 Å². The lowest BCUT2D eigenvalue weighted by Crippen LogP contribution is -2.46. The summed E-state index contributed by atoms with van der Waals surface area (Å²) < 4.78 is 75.6. The summed E-state index contributed by atoms with van der Waals surface area (Å²) in [6.07, 6.45) is -1.50. The Kier molecular flexibility index (Phi) is 9.60. The number of hydrogen-bond donors (Lipinski definition) is 0. The number of hydrogen-bond acceptors (Lipinski definition) is 6. The van der Waals surface area contributed by atoms with E-state index in [2.05, 4.69) is 4.74 Å². The fourth-order valence-electron chi connectivity index (χ4n) is 4.65. The molecule has 0 spiro atoms. The highest BCUT2D eigenvalue weighted by Crippen LogP contribution is 2.34. The Hall–Kier alpha value is -2.63. The fraction of sp³-hybridized carbons (Fsp3) is 0.500. The molecule has 2 aromatic rings. The largest absolute Gasteiger partial charge is 0.573 e. The standard InChI is InChI=1S/C26H33F3N2O5S/c1-4-6-7-15-30(18-19-11-13-22(14-12-19)36-26(27,28)29)31(5-2)37(33,34)24-10-8-9-20-16-21(17-23(20)24)25(32)35-3/h8-14,21H,4-7,15-18H2,1-3H3. The summed E-state index contributed by atoms with van der Waals surface area (Å²) in [5.41, 5.74) is 2.08. The highest BCUT2D eigenvalue weighted by atomic mass is 32.2. The van der Waals surface area contributed by atoms with Crippen LogP contribution in [0.3, 0.4) is 0 Å². The first kappa shape index (κ1) is 28.9. The van der Waals surface area contributed by atoms with E-state index in [0.717, 1.165) is 24.8 Å². The molecule has 0 amide bonds. The van der Waals surface area contributed by atoms with Gasteiger partial charge in [0.1, 0.15) is 5.75 Å². The first-order chi connectivity index (χ1) is 17.5. The number of hydrazine groups is 1. The molecule has 1 atom stereocenters. The molecule has 204 valence electrons. The molecule has 0 aromatic heterocycles. The third-order valence-electron chi connectivity index (χ3n) is 6.36. The van der Waals surface area contributed by atoms with Gasteiger partial charge in [0.15, 0.2) is 0 Å². The van der Waals surface area contributed by atoms with E-state index in [1.807, 2.05) is 13.0 Å². The van der Waals surface area contributed by atoms with Gasteiger partial charge in [-0.15, -0.1) is 17.6 Å². The molecule has 1 aliphatic rings. The molecular formula is C26H33F3N2O5S. The smallest absolute Gasteiger partial charge is 0.469 e. The van der Waals surface area contributed by atoms with Crippen molar-refractivity contribution >= 4 is 16.0 Å². The molecule has 0 fully saturated rings. The van der Waals surface area contributed by atoms with Crippen molar-refractivity contribution in [2.45, 2.75) is 63.8 Å². The zero-order valence-corrected chi connectivity index (χ0v) is 22.1. The minimum atomic E-state index is -4.79. The lowest BCUT2D eigenvalue weighted by molar-refractivity contribution is -0.274. The van der Waals surface area contributed by atoms with Crippen molar-refractivity contribution in [3.8, 4) is 5.75 Å². The Morgan fingerprint density at radius 3 is 2.35 bits per heavy atom. The van der Waals surface area contributed by atoms with Crippen molar-refractivity contribution in [1.29, 1.82) is 0 Å². The molecule has 1 unspecified atom stereocenters. The lowest BCUT2D eigenvalue weighted by atomic mass is 10.1. The molecule has 0 aliphatic heterocycles. The maximum absolute atomic E-state index is 14.0. The molecule has 7 nitrogen and oxygen atoms in total. The van der Waals surface area contributed by atoms with E-state index in [9.17, 15) is 26.4 Å². The van der Waals surface area contributed by atoms with Gasteiger partial charge in [0.25, 0.3) is 10.0 Å². The van der Waals surface area contributed by atoms with E-state index in [0.29, 0.717) is 24.1 Å². The van der Waals surface area contributed by atoms with Gasteiger partial charge in [0.2, 0.25) is 0 Å². The van der Waals surface area contributed by atoms with Gasteiger partial charge in [-0.2, -0.15) is 0 Å². The minimum Gasteiger partial charge on any atom is -0.469 e. The maximum atomic E-state index is 14.0. The Bertz CT molecular complexity index is 1170. The Balaban J connectivity index is 1.90. The van der Waals surface area contributed by atoms with Gasteiger partial charge in [0.05, 0.1) is 17.9 Å². The number of nitrogens with zero attached hydrogens (tertiary/aromatic N) is 2. The number of ether oxygens (including phenoxy) is 2. The molecule has 3 rings (SSSR count). The molecule has 11 heteroatoms. The summed E-state index contributed by atoms with van der Waals surface area (Å²) in [4.78, 5) is 12.3. The molecule has 0 saturated heterocycles. The van der Waals surface area contributed by atoms with E-state index in [-0.39, 0.29) is 36.1 Å². The van der Waals surface area contributed by atoms with Crippen LogP contribution in [0.2, 0.25) is 0 Å². The second-order valence-electron chi connectivity index (χ2n) is 8.95. The number of esters is 1. The predicted octanol–water partition coefficient (Wildman–Crippen LogP) is 5.09. The first-order valence-corrected chi connectivity index (χ1v) is 13.7. The van der Waals surface area contributed by atoms with E-state index in [4.69, 9.17) is 4.74 Å². The Morgan fingerprint density at radius 1 is 1.05 bits per heavy atom. The summed E-state index contributed by atoms with van der Waals surface area (Å²) >= 11 is 0. The molecule has 2 aromatic carbocycles. The van der Waals surface area contributed by atoms with Crippen molar-refractivity contribution in [3.05, 3.63) is 59.2 Å². The number of alkyl halides is 3. The first-order valence-electron chi connectivity index (χ1n) is 12.3. The van der Waals surface area contributed by atoms with E-state index < -0.39 is 22.3 Å². The Labute approximate surface area is 216 Å².